The number of rotatable bonds is 4. The van der Waals surface area contributed by atoms with Gasteiger partial charge >= 0.3 is 5.95 Å². The van der Waals surface area contributed by atoms with E-state index in [1.54, 1.807) is 18.2 Å². The summed E-state index contributed by atoms with van der Waals surface area (Å²) in [4.78, 5) is 13.2. The summed E-state index contributed by atoms with van der Waals surface area (Å²) >= 11 is 3.30. The van der Waals surface area contributed by atoms with Crippen LogP contribution in [0.1, 0.15) is 11.7 Å². The zero-order valence-electron chi connectivity index (χ0n) is 9.10. The van der Waals surface area contributed by atoms with E-state index in [-0.39, 0.29) is 6.54 Å². The summed E-state index contributed by atoms with van der Waals surface area (Å²) in [5.74, 6) is -0.476. The van der Waals surface area contributed by atoms with Gasteiger partial charge in [0.05, 0.1) is 6.54 Å². The average Bonchev–Trinajstić information content (AvgIpc) is 2.77. The third-order valence-corrected chi connectivity index (χ3v) is 2.77. The van der Waals surface area contributed by atoms with Crippen LogP contribution in [0.3, 0.4) is 0 Å². The Labute approximate surface area is 110 Å². The van der Waals surface area contributed by atoms with E-state index in [1.165, 1.54) is 11.0 Å². The van der Waals surface area contributed by atoms with Crippen molar-refractivity contribution in [1.29, 1.82) is 0 Å². The lowest BCUT2D eigenvalue weighted by Gasteiger charge is -2.09. The molecule has 0 aliphatic heterocycles. The molecule has 7 nitrogen and oxygen atoms in total. The predicted molar refractivity (Wildman–Crippen MR) is 65.8 cm³/mol. The van der Waals surface area contributed by atoms with E-state index in [4.69, 9.17) is 0 Å². The topological polar surface area (TPSA) is 94.1 Å². The molecule has 2 aromatic rings. The highest BCUT2D eigenvalue weighted by Gasteiger charge is 2.16. The van der Waals surface area contributed by atoms with Crippen LogP contribution in [0, 0.1) is 10.1 Å². The fourth-order valence-corrected chi connectivity index (χ4v) is 1.87. The van der Waals surface area contributed by atoms with Gasteiger partial charge in [-0.25, -0.2) is 0 Å². The van der Waals surface area contributed by atoms with Crippen molar-refractivity contribution in [3.63, 3.8) is 0 Å². The number of nitrogens with zero attached hydrogens (tertiary/aromatic N) is 4. The maximum Gasteiger partial charge on any atom is 0.490 e. The molecule has 0 bridgehead atoms. The summed E-state index contributed by atoms with van der Waals surface area (Å²) < 4.78 is 2.09. The minimum absolute atomic E-state index is 0.108. The third kappa shape index (κ3) is 2.90. The predicted octanol–water partition coefficient (Wildman–Crippen LogP) is 1.68. The number of aliphatic hydroxyl groups excluding tert-OH is 1. The monoisotopic (exact) mass is 312 g/mol. The maximum atomic E-state index is 10.4. The Balaban J connectivity index is 2.11. The van der Waals surface area contributed by atoms with E-state index in [0.717, 1.165) is 4.47 Å². The fourth-order valence-electron chi connectivity index (χ4n) is 1.45. The zero-order valence-corrected chi connectivity index (χ0v) is 10.7. The Kier molecular flexibility index (Phi) is 3.68. The molecular formula is C10H9BrN4O3. The summed E-state index contributed by atoms with van der Waals surface area (Å²) in [6.07, 6.45) is 0.420. The first-order valence-corrected chi connectivity index (χ1v) is 5.83. The fraction of sp³-hybridized carbons (Fsp3) is 0.200. The second-order valence-electron chi connectivity index (χ2n) is 3.59. The van der Waals surface area contributed by atoms with Crippen molar-refractivity contribution in [3.05, 3.63) is 50.7 Å². The Hall–Kier alpha value is -1.80. The van der Waals surface area contributed by atoms with E-state index in [0.29, 0.717) is 5.56 Å². The minimum Gasteiger partial charge on any atom is -0.390 e. The highest BCUT2D eigenvalue weighted by molar-refractivity contribution is 9.10. The molecule has 1 aromatic carbocycles. The summed E-state index contributed by atoms with van der Waals surface area (Å²) in [7, 11) is 0. The van der Waals surface area contributed by atoms with E-state index < -0.39 is 17.0 Å². The van der Waals surface area contributed by atoms with Gasteiger partial charge in [0.15, 0.2) is 0 Å². The first-order valence-electron chi connectivity index (χ1n) is 5.03. The molecule has 0 radical (unpaired) electrons. The largest absolute Gasteiger partial charge is 0.490 e. The van der Waals surface area contributed by atoms with Crippen molar-refractivity contribution in [2.24, 2.45) is 0 Å². The van der Waals surface area contributed by atoms with Gasteiger partial charge in [0, 0.05) is 9.57 Å². The standard InChI is InChI=1S/C10H9BrN4O3/c11-8-3-1-2-7(4-8)9(16)5-14-6-12-10(13-14)15(17)18/h1-4,6,9,16H,5H2. The second-order valence-corrected chi connectivity index (χ2v) is 4.51. The molecule has 0 aliphatic carbocycles. The van der Waals surface area contributed by atoms with Crippen molar-refractivity contribution in [2.75, 3.05) is 0 Å². The molecule has 1 heterocycles. The number of nitro groups is 1. The molecule has 1 unspecified atom stereocenters. The molecule has 0 saturated heterocycles. The zero-order chi connectivity index (χ0) is 13.1. The molecule has 18 heavy (non-hydrogen) atoms. The van der Waals surface area contributed by atoms with Gasteiger partial charge in [-0.1, -0.05) is 33.0 Å². The average molecular weight is 313 g/mol. The van der Waals surface area contributed by atoms with Crippen LogP contribution in [0.5, 0.6) is 0 Å². The molecular weight excluding hydrogens is 304 g/mol. The normalized spacial score (nSPS) is 12.3. The van der Waals surface area contributed by atoms with Gasteiger partial charge in [-0.15, -0.1) is 0 Å². The van der Waals surface area contributed by atoms with Crippen LogP contribution in [0.15, 0.2) is 35.1 Å². The highest BCUT2D eigenvalue weighted by atomic mass is 79.9. The lowest BCUT2D eigenvalue weighted by atomic mass is 10.1. The lowest BCUT2D eigenvalue weighted by molar-refractivity contribution is -0.394. The molecule has 0 spiro atoms. The van der Waals surface area contributed by atoms with Gasteiger partial charge in [-0.05, 0) is 22.6 Å². The number of hydrogen-bond donors (Lipinski definition) is 1. The van der Waals surface area contributed by atoms with Gasteiger partial charge in [0.25, 0.3) is 0 Å². The van der Waals surface area contributed by atoms with Crippen molar-refractivity contribution in [1.82, 2.24) is 14.8 Å². The van der Waals surface area contributed by atoms with Crippen molar-refractivity contribution in [3.8, 4) is 0 Å². The Bertz CT molecular complexity index is 572. The third-order valence-electron chi connectivity index (χ3n) is 2.28. The molecule has 1 atom stereocenters. The van der Waals surface area contributed by atoms with Gasteiger partial charge in [-0.2, -0.15) is 4.68 Å². The van der Waals surface area contributed by atoms with Gasteiger partial charge in [-0.3, -0.25) is 0 Å². The van der Waals surface area contributed by atoms with Crippen molar-refractivity contribution >= 4 is 21.9 Å². The molecule has 94 valence electrons. The number of halogens is 1. The van der Waals surface area contributed by atoms with Crippen LogP contribution in [0.25, 0.3) is 0 Å². The smallest absolute Gasteiger partial charge is 0.390 e. The Morgan fingerprint density at radius 2 is 2.33 bits per heavy atom. The summed E-state index contributed by atoms with van der Waals surface area (Å²) in [5, 5.41) is 24.0. The van der Waals surface area contributed by atoms with Gasteiger partial charge in [0.1, 0.15) is 6.10 Å². The molecule has 0 saturated carbocycles. The molecule has 1 aromatic heterocycles. The van der Waals surface area contributed by atoms with Crippen molar-refractivity contribution < 1.29 is 10.0 Å². The first-order chi connectivity index (χ1) is 8.56. The SMILES string of the molecule is O=[N+]([O-])c1ncn(CC(O)c2cccc(Br)c2)n1. The summed E-state index contributed by atoms with van der Waals surface area (Å²) in [5.41, 5.74) is 0.697. The van der Waals surface area contributed by atoms with E-state index in [2.05, 4.69) is 26.0 Å². The molecule has 0 aliphatic rings. The summed E-state index contributed by atoms with van der Waals surface area (Å²) in [6.45, 7) is 0.108. The summed E-state index contributed by atoms with van der Waals surface area (Å²) in [6, 6.07) is 7.18. The molecule has 0 fully saturated rings. The van der Waals surface area contributed by atoms with Crippen LogP contribution >= 0.6 is 15.9 Å². The van der Waals surface area contributed by atoms with Gasteiger partial charge in [0.2, 0.25) is 6.33 Å². The van der Waals surface area contributed by atoms with E-state index >= 15 is 0 Å². The molecule has 2 rings (SSSR count). The maximum absolute atomic E-state index is 10.4. The second kappa shape index (κ2) is 5.23. The Morgan fingerprint density at radius 1 is 1.56 bits per heavy atom. The van der Waals surface area contributed by atoms with Crippen LogP contribution in [-0.4, -0.2) is 24.8 Å². The molecule has 8 heteroatoms. The number of hydrogen-bond acceptors (Lipinski definition) is 5. The van der Waals surface area contributed by atoms with Crippen LogP contribution < -0.4 is 0 Å². The number of benzene rings is 1. The number of aromatic nitrogens is 3. The molecule has 1 N–H and O–H groups in total. The van der Waals surface area contributed by atoms with E-state index in [1.807, 2.05) is 6.07 Å². The minimum atomic E-state index is -0.802. The van der Waals surface area contributed by atoms with Crippen LogP contribution in [0.2, 0.25) is 0 Å². The molecule has 0 amide bonds. The van der Waals surface area contributed by atoms with Gasteiger partial charge < -0.3 is 15.2 Å². The first kappa shape index (κ1) is 12.7. The highest BCUT2D eigenvalue weighted by Crippen LogP contribution is 2.19. The quantitative estimate of drug-likeness (QED) is 0.684. The van der Waals surface area contributed by atoms with Crippen LogP contribution in [0.4, 0.5) is 5.95 Å². The Morgan fingerprint density at radius 3 is 2.94 bits per heavy atom. The van der Waals surface area contributed by atoms with Crippen LogP contribution in [-0.2, 0) is 6.54 Å². The number of aliphatic hydroxyl groups is 1. The lowest BCUT2D eigenvalue weighted by Crippen LogP contribution is -2.09. The van der Waals surface area contributed by atoms with Crippen molar-refractivity contribution in [2.45, 2.75) is 12.6 Å². The van der Waals surface area contributed by atoms with E-state index in [9.17, 15) is 15.2 Å².